The van der Waals surface area contributed by atoms with Gasteiger partial charge in [-0.25, -0.2) is 4.39 Å². The summed E-state index contributed by atoms with van der Waals surface area (Å²) >= 11 is 0. The van der Waals surface area contributed by atoms with E-state index in [9.17, 15) is 4.39 Å². The smallest absolute Gasteiger partial charge is 0.123 e. The van der Waals surface area contributed by atoms with Crippen molar-refractivity contribution < 1.29 is 9.13 Å². The number of hydrogen-bond acceptors (Lipinski definition) is 2. The van der Waals surface area contributed by atoms with E-state index in [4.69, 9.17) is 4.74 Å². The summed E-state index contributed by atoms with van der Waals surface area (Å²) in [4.78, 5) is 0. The largest absolute Gasteiger partial charge is 0.496 e. The molecule has 0 amide bonds. The summed E-state index contributed by atoms with van der Waals surface area (Å²) in [7, 11) is 3.55. The maximum Gasteiger partial charge on any atom is 0.123 e. The molecule has 1 atom stereocenters. The molecule has 1 aromatic carbocycles. The van der Waals surface area contributed by atoms with Crippen molar-refractivity contribution in [3.8, 4) is 5.75 Å². The third kappa shape index (κ3) is 3.43. The van der Waals surface area contributed by atoms with Gasteiger partial charge in [0.05, 0.1) is 7.11 Å². The Bertz CT molecular complexity index is 376. The zero-order valence-corrected chi connectivity index (χ0v) is 11.3. The molecule has 0 radical (unpaired) electrons. The molecule has 17 heavy (non-hydrogen) atoms. The minimum Gasteiger partial charge on any atom is -0.496 e. The second-order valence-electron chi connectivity index (χ2n) is 5.12. The van der Waals surface area contributed by atoms with E-state index in [0.29, 0.717) is 6.04 Å². The molecule has 1 rings (SSSR count). The summed E-state index contributed by atoms with van der Waals surface area (Å²) < 4.78 is 18.7. The van der Waals surface area contributed by atoms with Crippen molar-refractivity contribution in [2.75, 3.05) is 14.2 Å². The quantitative estimate of drug-likeness (QED) is 0.852. The topological polar surface area (TPSA) is 21.3 Å². The summed E-state index contributed by atoms with van der Waals surface area (Å²) in [5.74, 6) is 0.533. The first-order chi connectivity index (χ1) is 7.90. The number of ether oxygens (including phenoxy) is 1. The summed E-state index contributed by atoms with van der Waals surface area (Å²) in [6.45, 7) is 6.34. The van der Waals surface area contributed by atoms with Crippen molar-refractivity contribution in [2.24, 2.45) is 0 Å². The van der Waals surface area contributed by atoms with Gasteiger partial charge in [-0.05, 0) is 44.0 Å². The predicted molar refractivity (Wildman–Crippen MR) is 69.1 cm³/mol. The van der Waals surface area contributed by atoms with Gasteiger partial charge in [-0.2, -0.15) is 0 Å². The maximum atomic E-state index is 13.4. The van der Waals surface area contributed by atoms with Crippen LogP contribution in [0.2, 0.25) is 0 Å². The number of rotatable bonds is 5. The van der Waals surface area contributed by atoms with Crippen molar-refractivity contribution in [1.29, 1.82) is 0 Å². The molecular formula is C14H22FNO. The molecule has 0 fully saturated rings. The van der Waals surface area contributed by atoms with E-state index in [0.717, 1.165) is 17.7 Å². The predicted octanol–water partition coefficient (Wildman–Crippen LogP) is 3.11. The van der Waals surface area contributed by atoms with Gasteiger partial charge >= 0.3 is 0 Å². The normalized spacial score (nSPS) is 13.5. The van der Waals surface area contributed by atoms with E-state index in [1.807, 2.05) is 7.05 Å². The Morgan fingerprint density at radius 3 is 2.59 bits per heavy atom. The van der Waals surface area contributed by atoms with Gasteiger partial charge in [0.25, 0.3) is 0 Å². The van der Waals surface area contributed by atoms with Crippen LogP contribution in [0.3, 0.4) is 0 Å². The van der Waals surface area contributed by atoms with Crippen LogP contribution >= 0.6 is 0 Å². The molecule has 0 aromatic heterocycles. The molecule has 0 spiro atoms. The third-order valence-electron chi connectivity index (χ3n) is 3.20. The third-order valence-corrected chi connectivity index (χ3v) is 3.20. The fourth-order valence-corrected chi connectivity index (χ4v) is 2.19. The monoisotopic (exact) mass is 239 g/mol. The molecule has 3 heteroatoms. The van der Waals surface area contributed by atoms with Crippen molar-refractivity contribution in [3.05, 3.63) is 29.6 Å². The Balaban J connectivity index is 3.07. The fourth-order valence-electron chi connectivity index (χ4n) is 2.19. The van der Waals surface area contributed by atoms with E-state index in [2.05, 4.69) is 26.1 Å². The average Bonchev–Trinajstić information content (AvgIpc) is 2.28. The first-order valence-electron chi connectivity index (χ1n) is 5.92. The molecule has 1 N–H and O–H groups in total. The Labute approximate surface area is 103 Å². The van der Waals surface area contributed by atoms with Crippen LogP contribution in [-0.4, -0.2) is 20.2 Å². The Kier molecular flexibility index (Phi) is 4.52. The van der Waals surface area contributed by atoms with Crippen LogP contribution in [0.1, 0.15) is 32.8 Å². The highest BCUT2D eigenvalue weighted by Crippen LogP contribution is 2.35. The number of nitrogens with one attached hydrogen (secondary N) is 1. The highest BCUT2D eigenvalue weighted by molar-refractivity contribution is 5.39. The zero-order chi connectivity index (χ0) is 13.1. The van der Waals surface area contributed by atoms with Crippen LogP contribution in [-0.2, 0) is 5.41 Å². The van der Waals surface area contributed by atoms with E-state index in [1.54, 1.807) is 19.2 Å². The van der Waals surface area contributed by atoms with Crippen LogP contribution in [0.4, 0.5) is 4.39 Å². The minimum absolute atomic E-state index is 0.129. The summed E-state index contributed by atoms with van der Waals surface area (Å²) in [6.07, 6.45) is 0.920. The standard InChI is InChI=1S/C14H22FNO/c1-10(16-4)9-14(2,3)12-8-11(15)6-7-13(12)17-5/h6-8,10,16H,9H2,1-5H3. The zero-order valence-electron chi connectivity index (χ0n) is 11.3. The molecule has 96 valence electrons. The molecule has 0 saturated heterocycles. The Morgan fingerprint density at radius 2 is 2.06 bits per heavy atom. The molecule has 1 aromatic rings. The van der Waals surface area contributed by atoms with Crippen LogP contribution in [0.5, 0.6) is 5.75 Å². The van der Waals surface area contributed by atoms with Gasteiger partial charge in [0, 0.05) is 11.6 Å². The van der Waals surface area contributed by atoms with Crippen LogP contribution in [0.25, 0.3) is 0 Å². The first-order valence-corrected chi connectivity index (χ1v) is 5.92. The Morgan fingerprint density at radius 1 is 1.41 bits per heavy atom. The summed E-state index contributed by atoms with van der Waals surface area (Å²) in [5, 5.41) is 3.21. The Hall–Kier alpha value is -1.09. The van der Waals surface area contributed by atoms with Gasteiger partial charge < -0.3 is 10.1 Å². The van der Waals surface area contributed by atoms with Crippen molar-refractivity contribution in [3.63, 3.8) is 0 Å². The van der Waals surface area contributed by atoms with Crippen molar-refractivity contribution in [2.45, 2.75) is 38.6 Å². The number of benzene rings is 1. The average molecular weight is 239 g/mol. The highest BCUT2D eigenvalue weighted by atomic mass is 19.1. The lowest BCUT2D eigenvalue weighted by molar-refractivity contribution is 0.363. The van der Waals surface area contributed by atoms with E-state index in [-0.39, 0.29) is 11.2 Å². The van der Waals surface area contributed by atoms with Crippen LogP contribution < -0.4 is 10.1 Å². The van der Waals surface area contributed by atoms with Gasteiger partial charge in [0.2, 0.25) is 0 Å². The molecule has 0 aliphatic carbocycles. The van der Waals surface area contributed by atoms with E-state index < -0.39 is 0 Å². The second kappa shape index (κ2) is 5.50. The first kappa shape index (κ1) is 14.0. The lowest BCUT2D eigenvalue weighted by Crippen LogP contribution is -2.31. The van der Waals surface area contributed by atoms with Crippen molar-refractivity contribution >= 4 is 0 Å². The van der Waals surface area contributed by atoms with E-state index >= 15 is 0 Å². The van der Waals surface area contributed by atoms with Gasteiger partial charge in [0.1, 0.15) is 11.6 Å². The number of hydrogen-bond donors (Lipinski definition) is 1. The molecule has 2 nitrogen and oxygen atoms in total. The maximum absolute atomic E-state index is 13.4. The lowest BCUT2D eigenvalue weighted by atomic mass is 9.79. The summed E-state index contributed by atoms with van der Waals surface area (Å²) in [5.41, 5.74) is 0.790. The molecular weight excluding hydrogens is 217 g/mol. The molecule has 1 unspecified atom stereocenters. The minimum atomic E-state index is -0.217. The number of halogens is 1. The molecule has 0 aliphatic heterocycles. The van der Waals surface area contributed by atoms with Gasteiger partial charge in [0.15, 0.2) is 0 Å². The van der Waals surface area contributed by atoms with Crippen molar-refractivity contribution in [1.82, 2.24) is 5.32 Å². The van der Waals surface area contributed by atoms with Crippen LogP contribution in [0, 0.1) is 5.82 Å². The van der Waals surface area contributed by atoms with Crippen LogP contribution in [0.15, 0.2) is 18.2 Å². The molecule has 0 aliphatic rings. The van der Waals surface area contributed by atoms with Gasteiger partial charge in [-0.1, -0.05) is 13.8 Å². The molecule has 0 heterocycles. The second-order valence-corrected chi connectivity index (χ2v) is 5.12. The van der Waals surface area contributed by atoms with Gasteiger partial charge in [-0.15, -0.1) is 0 Å². The molecule has 0 saturated carbocycles. The number of methoxy groups -OCH3 is 1. The van der Waals surface area contributed by atoms with E-state index in [1.165, 1.54) is 6.07 Å². The highest BCUT2D eigenvalue weighted by Gasteiger charge is 2.26. The molecule has 0 bridgehead atoms. The lowest BCUT2D eigenvalue weighted by Gasteiger charge is -2.30. The SMILES string of the molecule is CNC(C)CC(C)(C)c1cc(F)ccc1OC. The fraction of sp³-hybridized carbons (Fsp3) is 0.571. The van der Waals surface area contributed by atoms with Gasteiger partial charge in [-0.3, -0.25) is 0 Å². The summed E-state index contributed by atoms with van der Waals surface area (Å²) in [6, 6.07) is 5.07.